The zero-order chi connectivity index (χ0) is 14.4. The highest BCUT2D eigenvalue weighted by Crippen LogP contribution is 2.25. The number of hydrogen-bond acceptors (Lipinski definition) is 5. The number of benzene rings is 1. The number of rotatable bonds is 7. The topological polar surface area (TPSA) is 95.6 Å². The van der Waals surface area contributed by atoms with Gasteiger partial charge < -0.3 is 15.5 Å². The van der Waals surface area contributed by atoms with E-state index in [1.54, 1.807) is 0 Å². The minimum Gasteiger partial charge on any atom is -0.395 e. The van der Waals surface area contributed by atoms with E-state index in [0.29, 0.717) is 13.0 Å². The molecule has 6 nitrogen and oxygen atoms in total. The number of aliphatic hydroxyl groups is 2. The number of aliphatic hydroxyl groups excluding tert-OH is 2. The Morgan fingerprint density at radius 3 is 2.74 bits per heavy atom. The van der Waals surface area contributed by atoms with E-state index in [2.05, 4.69) is 5.32 Å². The predicted molar refractivity (Wildman–Crippen MR) is 67.2 cm³/mol. The van der Waals surface area contributed by atoms with Crippen molar-refractivity contribution in [1.29, 1.82) is 0 Å². The summed E-state index contributed by atoms with van der Waals surface area (Å²) in [5, 5.41) is 32.4. The predicted octanol–water partition coefficient (Wildman–Crippen LogP) is 1.13. The Labute approximate surface area is 110 Å². The molecule has 0 aliphatic heterocycles. The van der Waals surface area contributed by atoms with Crippen molar-refractivity contribution in [3.63, 3.8) is 0 Å². The lowest BCUT2D eigenvalue weighted by Gasteiger charge is -2.22. The van der Waals surface area contributed by atoms with Crippen LogP contribution in [0.1, 0.15) is 25.0 Å². The Hall–Kier alpha value is -1.57. The fourth-order valence-electron chi connectivity index (χ4n) is 1.82. The van der Waals surface area contributed by atoms with Crippen LogP contribution in [0.2, 0.25) is 0 Å². The molecule has 0 amide bonds. The largest absolute Gasteiger partial charge is 0.395 e. The molecule has 106 valence electrons. The maximum atomic E-state index is 13.2. The first-order chi connectivity index (χ1) is 9.01. The van der Waals surface area contributed by atoms with E-state index in [9.17, 15) is 19.6 Å². The van der Waals surface area contributed by atoms with E-state index in [0.717, 1.165) is 12.1 Å². The minimum absolute atomic E-state index is 0.0766. The average Bonchev–Trinajstić information content (AvgIpc) is 2.39. The molecular weight excluding hydrogens is 255 g/mol. The lowest BCUT2D eigenvalue weighted by Crippen LogP contribution is -2.36. The molecule has 0 saturated carbocycles. The van der Waals surface area contributed by atoms with Crippen LogP contribution in [0.4, 0.5) is 10.1 Å². The van der Waals surface area contributed by atoms with Crippen molar-refractivity contribution in [2.45, 2.75) is 25.5 Å². The molecule has 0 heterocycles. The van der Waals surface area contributed by atoms with E-state index in [4.69, 9.17) is 5.11 Å². The van der Waals surface area contributed by atoms with Crippen molar-refractivity contribution in [2.75, 3.05) is 13.2 Å². The molecule has 0 bridgehead atoms. The van der Waals surface area contributed by atoms with E-state index in [1.807, 2.05) is 6.92 Å². The Bertz CT molecular complexity index is 442. The van der Waals surface area contributed by atoms with Crippen molar-refractivity contribution in [3.05, 3.63) is 39.7 Å². The minimum atomic E-state index is -1.00. The Balaban J connectivity index is 2.94. The van der Waals surface area contributed by atoms with Crippen LogP contribution in [0.5, 0.6) is 0 Å². The molecule has 0 saturated heterocycles. The number of nitro benzene ring substituents is 1. The summed E-state index contributed by atoms with van der Waals surface area (Å²) < 4.78 is 13.2. The third kappa shape index (κ3) is 3.95. The van der Waals surface area contributed by atoms with Gasteiger partial charge in [0.2, 0.25) is 5.82 Å². The second kappa shape index (κ2) is 7.13. The molecule has 1 aromatic rings. The third-order valence-corrected chi connectivity index (χ3v) is 2.85. The summed E-state index contributed by atoms with van der Waals surface area (Å²) in [7, 11) is 0. The van der Waals surface area contributed by atoms with Crippen LogP contribution in [0.15, 0.2) is 18.2 Å². The molecule has 0 aromatic heterocycles. The quantitative estimate of drug-likeness (QED) is 0.511. The van der Waals surface area contributed by atoms with Gasteiger partial charge in [0.15, 0.2) is 0 Å². The normalized spacial score (nSPS) is 14.1. The van der Waals surface area contributed by atoms with Crippen LogP contribution in [0.25, 0.3) is 0 Å². The lowest BCUT2D eigenvalue weighted by atomic mass is 9.99. The molecule has 2 unspecified atom stereocenters. The van der Waals surface area contributed by atoms with Gasteiger partial charge in [0.05, 0.1) is 17.6 Å². The molecule has 19 heavy (non-hydrogen) atoms. The van der Waals surface area contributed by atoms with Crippen LogP contribution in [-0.4, -0.2) is 34.3 Å². The highest BCUT2D eigenvalue weighted by molar-refractivity contribution is 5.37. The van der Waals surface area contributed by atoms with Gasteiger partial charge in [0, 0.05) is 18.7 Å². The molecule has 3 N–H and O–H groups in total. The van der Waals surface area contributed by atoms with Crippen molar-refractivity contribution in [3.8, 4) is 0 Å². The maximum absolute atomic E-state index is 13.2. The van der Waals surface area contributed by atoms with E-state index < -0.39 is 22.5 Å². The summed E-state index contributed by atoms with van der Waals surface area (Å²) in [5.41, 5.74) is -0.390. The average molecular weight is 272 g/mol. The first kappa shape index (κ1) is 15.5. The van der Waals surface area contributed by atoms with Crippen molar-refractivity contribution >= 4 is 5.69 Å². The summed E-state index contributed by atoms with van der Waals surface area (Å²) in [5.74, 6) is -0.933. The zero-order valence-electron chi connectivity index (χ0n) is 10.5. The smallest absolute Gasteiger partial charge is 0.305 e. The van der Waals surface area contributed by atoms with Gasteiger partial charge in [-0.25, -0.2) is 0 Å². The summed E-state index contributed by atoms with van der Waals surface area (Å²) >= 11 is 0. The number of halogens is 1. The van der Waals surface area contributed by atoms with Gasteiger partial charge in [-0.2, -0.15) is 4.39 Å². The van der Waals surface area contributed by atoms with Crippen LogP contribution in [-0.2, 0) is 0 Å². The summed E-state index contributed by atoms with van der Waals surface area (Å²) in [4.78, 5) is 9.82. The van der Waals surface area contributed by atoms with E-state index in [-0.39, 0.29) is 18.2 Å². The van der Waals surface area contributed by atoms with Gasteiger partial charge in [0.1, 0.15) is 0 Å². The Morgan fingerprint density at radius 1 is 1.53 bits per heavy atom. The monoisotopic (exact) mass is 272 g/mol. The van der Waals surface area contributed by atoms with Crippen LogP contribution in [0, 0.1) is 15.9 Å². The van der Waals surface area contributed by atoms with Crippen molar-refractivity contribution < 1.29 is 19.5 Å². The number of hydrogen-bond donors (Lipinski definition) is 3. The molecular formula is C12H17FN2O4. The van der Waals surface area contributed by atoms with Crippen molar-refractivity contribution in [1.82, 2.24) is 5.32 Å². The first-order valence-corrected chi connectivity index (χ1v) is 5.97. The molecule has 2 atom stereocenters. The van der Waals surface area contributed by atoms with E-state index >= 15 is 0 Å². The molecule has 0 radical (unpaired) electrons. The summed E-state index contributed by atoms with van der Waals surface area (Å²) in [6, 6.07) is 2.95. The zero-order valence-corrected chi connectivity index (χ0v) is 10.5. The van der Waals surface area contributed by atoms with Gasteiger partial charge in [-0.05, 0) is 18.1 Å². The second-order valence-corrected chi connectivity index (χ2v) is 4.11. The fourth-order valence-corrected chi connectivity index (χ4v) is 1.82. The number of nitro groups is 1. The van der Waals surface area contributed by atoms with Gasteiger partial charge >= 0.3 is 5.69 Å². The van der Waals surface area contributed by atoms with Gasteiger partial charge in [-0.1, -0.05) is 13.0 Å². The Morgan fingerprint density at radius 2 is 2.21 bits per heavy atom. The second-order valence-electron chi connectivity index (χ2n) is 4.11. The standard InChI is InChI=1S/C12H17FN2O4/c1-2-10(14-5-6-16)12(17)8-3-4-9(13)11(7-8)15(18)19/h3-4,7,10,12,14,16-17H,2,5-6H2,1H3. The van der Waals surface area contributed by atoms with Gasteiger partial charge in [0.25, 0.3) is 0 Å². The molecule has 0 aliphatic carbocycles. The van der Waals surface area contributed by atoms with E-state index in [1.165, 1.54) is 6.07 Å². The third-order valence-electron chi connectivity index (χ3n) is 2.85. The van der Waals surface area contributed by atoms with Crippen LogP contribution >= 0.6 is 0 Å². The van der Waals surface area contributed by atoms with Gasteiger partial charge in [-0.15, -0.1) is 0 Å². The molecule has 0 fully saturated rings. The lowest BCUT2D eigenvalue weighted by molar-refractivity contribution is -0.387. The summed E-state index contributed by atoms with van der Waals surface area (Å²) in [6.45, 7) is 2.06. The molecule has 1 rings (SSSR count). The number of nitrogens with zero attached hydrogens (tertiary/aromatic N) is 1. The highest BCUT2D eigenvalue weighted by atomic mass is 19.1. The molecule has 0 aliphatic rings. The van der Waals surface area contributed by atoms with Crippen LogP contribution < -0.4 is 5.32 Å². The first-order valence-electron chi connectivity index (χ1n) is 5.97. The maximum Gasteiger partial charge on any atom is 0.305 e. The molecule has 0 spiro atoms. The molecule has 7 heteroatoms. The highest BCUT2D eigenvalue weighted by Gasteiger charge is 2.22. The Kier molecular flexibility index (Phi) is 5.81. The van der Waals surface area contributed by atoms with Gasteiger partial charge in [-0.3, -0.25) is 10.1 Å². The molecule has 1 aromatic carbocycles. The fraction of sp³-hybridized carbons (Fsp3) is 0.500. The van der Waals surface area contributed by atoms with Crippen molar-refractivity contribution in [2.24, 2.45) is 0 Å². The number of nitrogens with one attached hydrogen (secondary N) is 1. The SMILES string of the molecule is CCC(NCCO)C(O)c1ccc(F)c([N+](=O)[O-])c1. The van der Waals surface area contributed by atoms with Crippen LogP contribution in [0.3, 0.4) is 0 Å². The summed E-state index contributed by atoms with van der Waals surface area (Å²) in [6.07, 6.45) is -0.442.